The van der Waals surface area contributed by atoms with Gasteiger partial charge in [0, 0.05) is 29.6 Å². The average molecular weight is 723 g/mol. The molecule has 9 heteroatoms. The summed E-state index contributed by atoms with van der Waals surface area (Å²) in [5, 5.41) is 8.98. The molecule has 1 N–H and O–H groups in total. The Morgan fingerprint density at radius 1 is 0.796 bits per heavy atom. The van der Waals surface area contributed by atoms with E-state index < -0.39 is 29.0 Å². The lowest BCUT2D eigenvalue weighted by atomic mass is 9.77. The molecule has 0 radical (unpaired) electrons. The molecule has 0 saturated carbocycles. The van der Waals surface area contributed by atoms with Gasteiger partial charge in [0.05, 0.1) is 11.4 Å². The number of Topliss-reactive ketones (excluding diaryl/α,β-unsaturated/α-hetero) is 1. The van der Waals surface area contributed by atoms with E-state index in [1.165, 1.54) is 19.1 Å². The van der Waals surface area contributed by atoms with Crippen LogP contribution in [0.25, 0.3) is 22.0 Å². The van der Waals surface area contributed by atoms with Crippen molar-refractivity contribution < 1.29 is 23.5 Å². The molecule has 8 nitrogen and oxygen atoms in total. The molecule has 1 unspecified atom stereocenters. The van der Waals surface area contributed by atoms with E-state index in [4.69, 9.17) is 9.84 Å². The van der Waals surface area contributed by atoms with Gasteiger partial charge in [-0.15, -0.1) is 0 Å². The average Bonchev–Trinajstić information content (AvgIpc) is 3.53. The molecule has 1 aromatic heterocycles. The SMILES string of the molecule is CC(=O)c1ccc(F)c(-c2ccc3c(c2)c(NC(=O)C2CCCN(C(=O)OC(C)(C)C)C2)nn3C(c2ccccc2)(c2ccccc2)c2ccccc2)c1. The van der Waals surface area contributed by atoms with E-state index in [1.54, 1.807) is 11.0 Å². The molecule has 1 fully saturated rings. The van der Waals surface area contributed by atoms with Gasteiger partial charge >= 0.3 is 6.09 Å². The number of piperidine rings is 1. The highest BCUT2D eigenvalue weighted by atomic mass is 19.1. The highest BCUT2D eigenvalue weighted by Crippen LogP contribution is 2.44. The van der Waals surface area contributed by atoms with E-state index in [1.807, 2.05) is 98.2 Å². The summed E-state index contributed by atoms with van der Waals surface area (Å²) < 4.78 is 23.1. The summed E-state index contributed by atoms with van der Waals surface area (Å²) in [6.45, 7) is 7.60. The lowest BCUT2D eigenvalue weighted by Gasteiger charge is -2.37. The smallest absolute Gasteiger partial charge is 0.410 e. The van der Waals surface area contributed by atoms with Crippen molar-refractivity contribution in [1.82, 2.24) is 14.7 Å². The van der Waals surface area contributed by atoms with Crippen LogP contribution in [0.2, 0.25) is 0 Å². The van der Waals surface area contributed by atoms with Gasteiger partial charge in [0.25, 0.3) is 0 Å². The second-order valence-corrected chi connectivity index (χ2v) is 14.8. The number of rotatable bonds is 8. The third-order valence-corrected chi connectivity index (χ3v) is 9.94. The van der Waals surface area contributed by atoms with Gasteiger partial charge in [0.15, 0.2) is 11.6 Å². The number of nitrogens with zero attached hydrogens (tertiary/aromatic N) is 3. The Morgan fingerprint density at radius 2 is 1.39 bits per heavy atom. The zero-order valence-corrected chi connectivity index (χ0v) is 30.9. The molecule has 54 heavy (non-hydrogen) atoms. The monoisotopic (exact) mass is 722 g/mol. The van der Waals surface area contributed by atoms with Gasteiger partial charge in [-0.3, -0.25) is 9.59 Å². The lowest BCUT2D eigenvalue weighted by molar-refractivity contribution is -0.121. The maximum absolute atomic E-state index is 15.5. The van der Waals surface area contributed by atoms with Crippen LogP contribution in [-0.4, -0.2) is 51.2 Å². The van der Waals surface area contributed by atoms with Gasteiger partial charge in [0.1, 0.15) is 17.0 Å². The Bertz CT molecular complexity index is 2220. The molecular weight excluding hydrogens is 680 g/mol. The molecule has 1 aliphatic heterocycles. The summed E-state index contributed by atoms with van der Waals surface area (Å²) in [5.74, 6) is -1.16. The standard InChI is InChI=1S/C45H43FN4O4/c1-30(51)31-22-24-39(46)37(27-31)32-23-25-40-38(28-32)41(47-42(52)33-15-14-26-49(29-33)43(53)54-44(2,3)4)48-50(40)45(34-16-8-5-9-17-34,35-18-10-6-11-19-35)36-20-12-7-13-21-36/h5-13,16-25,27-28,33H,14-15,26,29H2,1-4H3,(H,47,48,52). The van der Waals surface area contributed by atoms with Crippen molar-refractivity contribution >= 4 is 34.5 Å². The number of likely N-dealkylation sites (tertiary alicyclic amines) is 1. The highest BCUT2D eigenvalue weighted by Gasteiger charge is 2.41. The van der Waals surface area contributed by atoms with Crippen LogP contribution in [0.15, 0.2) is 127 Å². The molecule has 6 aromatic rings. The molecule has 1 saturated heterocycles. The number of anilines is 1. The van der Waals surface area contributed by atoms with Crippen molar-refractivity contribution in [3.05, 3.63) is 155 Å². The fourth-order valence-electron chi connectivity index (χ4n) is 7.41. The Labute approximate surface area is 314 Å². The zero-order valence-electron chi connectivity index (χ0n) is 30.9. The molecule has 2 amide bonds. The summed E-state index contributed by atoms with van der Waals surface area (Å²) in [6, 6.07) is 40.1. The Kier molecular flexibility index (Phi) is 9.90. The third-order valence-electron chi connectivity index (χ3n) is 9.94. The van der Waals surface area contributed by atoms with E-state index in [0.29, 0.717) is 47.2 Å². The number of halogens is 1. The fraction of sp³-hybridized carbons (Fsp3) is 0.244. The van der Waals surface area contributed by atoms with Crippen molar-refractivity contribution in [2.75, 3.05) is 18.4 Å². The van der Waals surface area contributed by atoms with E-state index in [0.717, 1.165) is 16.7 Å². The summed E-state index contributed by atoms with van der Waals surface area (Å²) in [5.41, 5.74) is 3.00. The zero-order chi connectivity index (χ0) is 38.0. The molecule has 0 bridgehead atoms. The van der Waals surface area contributed by atoms with Gasteiger partial charge in [-0.05, 0) is 93.1 Å². The number of benzene rings is 5. The molecular formula is C45H43FN4O4. The van der Waals surface area contributed by atoms with E-state index in [2.05, 4.69) is 41.7 Å². The van der Waals surface area contributed by atoms with Crippen molar-refractivity contribution in [3.63, 3.8) is 0 Å². The van der Waals surface area contributed by atoms with E-state index >= 15 is 4.39 Å². The number of aromatic nitrogens is 2. The Hall–Kier alpha value is -6.09. The summed E-state index contributed by atoms with van der Waals surface area (Å²) in [4.78, 5) is 41.1. The molecule has 274 valence electrons. The van der Waals surface area contributed by atoms with Crippen LogP contribution in [0.4, 0.5) is 15.0 Å². The maximum Gasteiger partial charge on any atom is 0.410 e. The van der Waals surface area contributed by atoms with Crippen molar-refractivity contribution in [3.8, 4) is 11.1 Å². The molecule has 1 aliphatic rings. The minimum absolute atomic E-state index is 0.177. The van der Waals surface area contributed by atoms with Crippen molar-refractivity contribution in [1.29, 1.82) is 0 Å². The number of hydrogen-bond donors (Lipinski definition) is 1. The summed E-state index contributed by atoms with van der Waals surface area (Å²) >= 11 is 0. The van der Waals surface area contributed by atoms with Gasteiger partial charge in [-0.25, -0.2) is 13.9 Å². The predicted molar refractivity (Wildman–Crippen MR) is 209 cm³/mol. The highest BCUT2D eigenvalue weighted by molar-refractivity contribution is 6.03. The quantitative estimate of drug-likeness (QED) is 0.125. The van der Waals surface area contributed by atoms with Gasteiger partial charge < -0.3 is 15.0 Å². The van der Waals surface area contributed by atoms with E-state index in [9.17, 15) is 14.4 Å². The van der Waals surface area contributed by atoms with Gasteiger partial charge in [-0.2, -0.15) is 5.10 Å². The number of nitrogens with one attached hydrogen (secondary N) is 1. The predicted octanol–water partition coefficient (Wildman–Crippen LogP) is 9.47. The fourth-order valence-corrected chi connectivity index (χ4v) is 7.41. The molecule has 1 atom stereocenters. The van der Waals surface area contributed by atoms with Crippen LogP contribution in [0.5, 0.6) is 0 Å². The first kappa shape index (κ1) is 36.3. The first-order chi connectivity index (χ1) is 26.0. The number of carbonyl (C=O) groups is 3. The van der Waals surface area contributed by atoms with Gasteiger partial charge in [-0.1, -0.05) is 97.1 Å². The summed E-state index contributed by atoms with van der Waals surface area (Å²) in [7, 11) is 0. The normalized spacial score (nSPS) is 14.8. The van der Waals surface area contributed by atoms with Crippen molar-refractivity contribution in [2.24, 2.45) is 5.92 Å². The van der Waals surface area contributed by atoms with Crippen LogP contribution in [-0.2, 0) is 15.1 Å². The largest absolute Gasteiger partial charge is 0.444 e. The first-order valence-electron chi connectivity index (χ1n) is 18.2. The molecule has 0 spiro atoms. The number of amides is 2. The van der Waals surface area contributed by atoms with Crippen LogP contribution >= 0.6 is 0 Å². The van der Waals surface area contributed by atoms with Gasteiger partial charge in [0.2, 0.25) is 5.91 Å². The van der Waals surface area contributed by atoms with Crippen LogP contribution in [0, 0.1) is 11.7 Å². The molecule has 0 aliphatic carbocycles. The number of fused-ring (bicyclic) bond motifs is 1. The minimum atomic E-state index is -1.01. The number of ether oxygens (including phenoxy) is 1. The first-order valence-corrected chi connectivity index (χ1v) is 18.2. The molecule has 5 aromatic carbocycles. The maximum atomic E-state index is 15.5. The second-order valence-electron chi connectivity index (χ2n) is 14.8. The van der Waals surface area contributed by atoms with E-state index in [-0.39, 0.29) is 23.8 Å². The topological polar surface area (TPSA) is 93.5 Å². The second kappa shape index (κ2) is 14.7. The number of hydrogen-bond acceptors (Lipinski definition) is 5. The Morgan fingerprint density at radius 3 is 1.94 bits per heavy atom. The van der Waals surface area contributed by atoms with Crippen molar-refractivity contribution in [2.45, 2.75) is 51.7 Å². The number of carbonyl (C=O) groups excluding carboxylic acids is 3. The Balaban J connectivity index is 1.43. The van der Waals surface area contributed by atoms with Crippen LogP contribution < -0.4 is 5.32 Å². The molecule has 2 heterocycles. The van der Waals surface area contributed by atoms with Crippen LogP contribution in [0.1, 0.15) is 67.6 Å². The molecule has 7 rings (SSSR count). The lowest BCUT2D eigenvalue weighted by Crippen LogP contribution is -2.45. The summed E-state index contributed by atoms with van der Waals surface area (Å²) in [6.07, 6.45) is 0.772. The number of ketones is 1. The van der Waals surface area contributed by atoms with Crippen LogP contribution in [0.3, 0.4) is 0 Å². The minimum Gasteiger partial charge on any atom is -0.444 e. The third kappa shape index (κ3) is 7.01.